The molecule has 8 heteroatoms. The van der Waals surface area contributed by atoms with Crippen molar-refractivity contribution in [3.8, 4) is 0 Å². The molecule has 0 saturated heterocycles. The number of nitrogens with one attached hydrogen (secondary N) is 2. The molecular formula is C17H17F3N2O2S. The summed E-state index contributed by atoms with van der Waals surface area (Å²) in [6.45, 7) is 1.49. The van der Waals surface area contributed by atoms with Crippen molar-refractivity contribution in [2.75, 3.05) is 0 Å². The first kappa shape index (κ1) is 19.0. The molecule has 134 valence electrons. The standard InChI is InChI=1S/C17H17F3N2O2S/c1-11(23)22-14(15-3-2-8-25-15)9-16(24)21-10-12-4-6-13(7-5-12)17(18,19)20/h2-8,14H,9-10H2,1H3,(H,21,24)(H,22,23)/t14-/m0/s1. The highest BCUT2D eigenvalue weighted by molar-refractivity contribution is 7.10. The predicted octanol–water partition coefficient (Wildman–Crippen LogP) is 3.65. The number of benzene rings is 1. The van der Waals surface area contributed by atoms with E-state index in [0.717, 1.165) is 17.0 Å². The van der Waals surface area contributed by atoms with Crippen LogP contribution in [0, 0.1) is 0 Å². The van der Waals surface area contributed by atoms with E-state index in [4.69, 9.17) is 0 Å². The van der Waals surface area contributed by atoms with Crippen LogP contribution in [-0.2, 0) is 22.3 Å². The number of rotatable bonds is 6. The molecule has 0 fully saturated rings. The molecule has 0 radical (unpaired) electrons. The van der Waals surface area contributed by atoms with Crippen LogP contribution in [0.4, 0.5) is 13.2 Å². The first-order chi connectivity index (χ1) is 11.8. The molecule has 1 aromatic carbocycles. The Morgan fingerprint density at radius 1 is 1.16 bits per heavy atom. The molecule has 0 unspecified atom stereocenters. The van der Waals surface area contributed by atoms with Gasteiger partial charge in [-0.3, -0.25) is 9.59 Å². The summed E-state index contributed by atoms with van der Waals surface area (Å²) >= 11 is 1.43. The fraction of sp³-hybridized carbons (Fsp3) is 0.294. The molecule has 2 amide bonds. The highest BCUT2D eigenvalue weighted by Gasteiger charge is 2.29. The van der Waals surface area contributed by atoms with Gasteiger partial charge in [0.1, 0.15) is 0 Å². The monoisotopic (exact) mass is 370 g/mol. The summed E-state index contributed by atoms with van der Waals surface area (Å²) in [6, 6.07) is 7.84. The molecular weight excluding hydrogens is 353 g/mol. The fourth-order valence-corrected chi connectivity index (χ4v) is 3.01. The van der Waals surface area contributed by atoms with Crippen molar-refractivity contribution in [3.63, 3.8) is 0 Å². The Morgan fingerprint density at radius 2 is 1.84 bits per heavy atom. The van der Waals surface area contributed by atoms with E-state index in [9.17, 15) is 22.8 Å². The van der Waals surface area contributed by atoms with Gasteiger partial charge in [0.2, 0.25) is 11.8 Å². The SMILES string of the molecule is CC(=O)N[C@@H](CC(=O)NCc1ccc(C(F)(F)F)cc1)c1cccs1. The minimum absolute atomic E-state index is 0.0563. The highest BCUT2D eigenvalue weighted by Crippen LogP contribution is 2.29. The Hall–Kier alpha value is -2.35. The summed E-state index contributed by atoms with van der Waals surface area (Å²) < 4.78 is 37.5. The van der Waals surface area contributed by atoms with E-state index < -0.39 is 17.8 Å². The Kier molecular flexibility index (Phi) is 6.19. The van der Waals surface area contributed by atoms with Crippen LogP contribution < -0.4 is 10.6 Å². The van der Waals surface area contributed by atoms with Crippen LogP contribution in [-0.4, -0.2) is 11.8 Å². The lowest BCUT2D eigenvalue weighted by Gasteiger charge is -2.16. The highest BCUT2D eigenvalue weighted by atomic mass is 32.1. The molecule has 0 spiro atoms. The molecule has 2 N–H and O–H groups in total. The van der Waals surface area contributed by atoms with Gasteiger partial charge in [0.25, 0.3) is 0 Å². The second kappa shape index (κ2) is 8.15. The maximum atomic E-state index is 12.5. The molecule has 4 nitrogen and oxygen atoms in total. The molecule has 25 heavy (non-hydrogen) atoms. The summed E-state index contributed by atoms with van der Waals surface area (Å²) in [5, 5.41) is 7.23. The number of carbonyl (C=O) groups is 2. The average Bonchev–Trinajstić information content (AvgIpc) is 3.06. The first-order valence-electron chi connectivity index (χ1n) is 7.49. The van der Waals surface area contributed by atoms with Gasteiger partial charge in [-0.05, 0) is 29.1 Å². The number of carbonyl (C=O) groups excluding carboxylic acids is 2. The Bertz CT molecular complexity index is 712. The number of hydrogen-bond acceptors (Lipinski definition) is 3. The summed E-state index contributed by atoms with van der Waals surface area (Å²) in [6.07, 6.45) is -4.32. The lowest BCUT2D eigenvalue weighted by atomic mass is 10.1. The van der Waals surface area contributed by atoms with Crippen LogP contribution in [0.1, 0.15) is 35.4 Å². The van der Waals surface area contributed by atoms with Gasteiger partial charge in [-0.1, -0.05) is 18.2 Å². The van der Waals surface area contributed by atoms with Crippen molar-refractivity contribution in [2.45, 2.75) is 32.1 Å². The smallest absolute Gasteiger partial charge is 0.352 e. The first-order valence-corrected chi connectivity index (χ1v) is 8.37. The number of alkyl halides is 3. The third kappa shape index (κ3) is 5.90. The van der Waals surface area contributed by atoms with Crippen LogP contribution in [0.5, 0.6) is 0 Å². The van der Waals surface area contributed by atoms with Crippen molar-refractivity contribution in [3.05, 3.63) is 57.8 Å². The second-order valence-corrected chi connectivity index (χ2v) is 6.42. The minimum atomic E-state index is -4.38. The summed E-state index contributed by atoms with van der Waals surface area (Å²) in [7, 11) is 0. The van der Waals surface area contributed by atoms with E-state index in [2.05, 4.69) is 10.6 Å². The van der Waals surface area contributed by atoms with Gasteiger partial charge in [-0.25, -0.2) is 0 Å². The molecule has 0 aliphatic heterocycles. The topological polar surface area (TPSA) is 58.2 Å². The van der Waals surface area contributed by atoms with Crippen molar-refractivity contribution in [2.24, 2.45) is 0 Å². The number of halogens is 3. The van der Waals surface area contributed by atoms with E-state index in [1.807, 2.05) is 17.5 Å². The number of hydrogen-bond donors (Lipinski definition) is 2. The van der Waals surface area contributed by atoms with Crippen LogP contribution >= 0.6 is 11.3 Å². The third-order valence-corrected chi connectivity index (χ3v) is 4.41. The summed E-state index contributed by atoms with van der Waals surface area (Å²) in [5.41, 5.74) is -0.167. The lowest BCUT2D eigenvalue weighted by molar-refractivity contribution is -0.137. The zero-order valence-corrected chi connectivity index (χ0v) is 14.2. The van der Waals surface area contributed by atoms with Crippen LogP contribution in [0.15, 0.2) is 41.8 Å². The van der Waals surface area contributed by atoms with Gasteiger partial charge in [-0.15, -0.1) is 11.3 Å². The van der Waals surface area contributed by atoms with Crippen molar-refractivity contribution >= 4 is 23.2 Å². The van der Waals surface area contributed by atoms with Gasteiger partial charge >= 0.3 is 6.18 Å². The van der Waals surface area contributed by atoms with Gasteiger partial charge in [-0.2, -0.15) is 13.2 Å². The van der Waals surface area contributed by atoms with E-state index in [1.165, 1.54) is 30.4 Å². The number of amides is 2. The van der Waals surface area contributed by atoms with Crippen LogP contribution in [0.25, 0.3) is 0 Å². The maximum absolute atomic E-state index is 12.5. The maximum Gasteiger partial charge on any atom is 0.416 e. The predicted molar refractivity (Wildman–Crippen MR) is 88.8 cm³/mol. The quantitative estimate of drug-likeness (QED) is 0.816. The normalized spacial score (nSPS) is 12.5. The molecule has 0 aliphatic carbocycles. The molecule has 0 bridgehead atoms. The molecule has 1 aromatic heterocycles. The van der Waals surface area contributed by atoms with Crippen molar-refractivity contribution in [1.82, 2.24) is 10.6 Å². The Labute approximate surface area is 147 Å². The lowest BCUT2D eigenvalue weighted by Crippen LogP contribution is -2.32. The van der Waals surface area contributed by atoms with Gasteiger partial charge in [0.15, 0.2) is 0 Å². The molecule has 1 heterocycles. The molecule has 2 aromatic rings. The second-order valence-electron chi connectivity index (χ2n) is 5.44. The van der Waals surface area contributed by atoms with Gasteiger partial charge in [0, 0.05) is 18.3 Å². The Morgan fingerprint density at radius 3 is 2.36 bits per heavy atom. The van der Waals surface area contributed by atoms with Crippen molar-refractivity contribution in [1.29, 1.82) is 0 Å². The molecule has 0 saturated carbocycles. The minimum Gasteiger partial charge on any atom is -0.352 e. The molecule has 2 rings (SSSR count). The largest absolute Gasteiger partial charge is 0.416 e. The van der Waals surface area contributed by atoms with E-state index in [1.54, 1.807) is 0 Å². The molecule has 0 aliphatic rings. The fourth-order valence-electron chi connectivity index (χ4n) is 2.23. The Balaban J connectivity index is 1.91. The number of thiophene rings is 1. The van der Waals surface area contributed by atoms with E-state index in [0.29, 0.717) is 5.56 Å². The van der Waals surface area contributed by atoms with Crippen LogP contribution in [0.3, 0.4) is 0 Å². The summed E-state index contributed by atoms with van der Waals surface area (Å²) in [5.74, 6) is -0.541. The summed E-state index contributed by atoms with van der Waals surface area (Å²) in [4.78, 5) is 24.2. The van der Waals surface area contributed by atoms with Crippen LogP contribution in [0.2, 0.25) is 0 Å². The zero-order chi connectivity index (χ0) is 18.4. The van der Waals surface area contributed by atoms with Crippen molar-refractivity contribution < 1.29 is 22.8 Å². The third-order valence-electron chi connectivity index (χ3n) is 3.42. The van der Waals surface area contributed by atoms with Gasteiger partial charge < -0.3 is 10.6 Å². The molecule has 1 atom stereocenters. The van der Waals surface area contributed by atoms with E-state index >= 15 is 0 Å². The van der Waals surface area contributed by atoms with Gasteiger partial charge in [0.05, 0.1) is 18.0 Å². The van der Waals surface area contributed by atoms with E-state index in [-0.39, 0.29) is 24.8 Å². The zero-order valence-electron chi connectivity index (χ0n) is 13.4. The average molecular weight is 370 g/mol.